The van der Waals surface area contributed by atoms with Crippen molar-refractivity contribution >= 4 is 10.9 Å². The fourth-order valence-electron chi connectivity index (χ4n) is 2.22. The van der Waals surface area contributed by atoms with Crippen molar-refractivity contribution in [3.05, 3.63) is 40.2 Å². The minimum atomic E-state index is -0.0133. The van der Waals surface area contributed by atoms with E-state index < -0.39 is 0 Å². The number of pyridine rings is 1. The fraction of sp³-hybridized carbons (Fsp3) is 0.308. The molecule has 0 saturated heterocycles. The molecule has 1 N–H and O–H groups in total. The SMILES string of the molecule is C[C@H]1CCc2c(c3ccccc3[nH]c2=O)O1. The molecule has 0 saturated carbocycles. The summed E-state index contributed by atoms with van der Waals surface area (Å²) in [7, 11) is 0. The molecule has 82 valence electrons. The van der Waals surface area contributed by atoms with Crippen molar-refractivity contribution in [3.8, 4) is 5.75 Å². The summed E-state index contributed by atoms with van der Waals surface area (Å²) in [5, 5.41) is 1.00. The van der Waals surface area contributed by atoms with Gasteiger partial charge in [0.15, 0.2) is 0 Å². The van der Waals surface area contributed by atoms with Gasteiger partial charge in [-0.25, -0.2) is 0 Å². The van der Waals surface area contributed by atoms with E-state index in [-0.39, 0.29) is 11.7 Å². The maximum absolute atomic E-state index is 11.8. The maximum atomic E-state index is 11.8. The number of hydrogen-bond acceptors (Lipinski definition) is 2. The van der Waals surface area contributed by atoms with E-state index in [2.05, 4.69) is 4.98 Å². The monoisotopic (exact) mass is 215 g/mol. The van der Waals surface area contributed by atoms with Crippen LogP contribution in [-0.4, -0.2) is 11.1 Å². The molecule has 1 aromatic heterocycles. The molecule has 0 fully saturated rings. The van der Waals surface area contributed by atoms with Crippen LogP contribution in [0.4, 0.5) is 0 Å². The highest BCUT2D eigenvalue weighted by Crippen LogP contribution is 2.31. The number of para-hydroxylation sites is 1. The van der Waals surface area contributed by atoms with Gasteiger partial charge in [-0.2, -0.15) is 0 Å². The smallest absolute Gasteiger partial charge is 0.255 e. The Labute approximate surface area is 93.1 Å². The molecule has 1 aromatic carbocycles. The predicted octanol–water partition coefficient (Wildman–Crippen LogP) is 2.24. The quantitative estimate of drug-likeness (QED) is 0.732. The number of nitrogens with one attached hydrogen (secondary N) is 1. The second kappa shape index (κ2) is 3.37. The summed E-state index contributed by atoms with van der Waals surface area (Å²) in [4.78, 5) is 14.7. The third-order valence-electron chi connectivity index (χ3n) is 3.09. The van der Waals surface area contributed by atoms with Crippen molar-refractivity contribution in [2.45, 2.75) is 25.9 Å². The van der Waals surface area contributed by atoms with E-state index in [1.165, 1.54) is 0 Å². The zero-order valence-electron chi connectivity index (χ0n) is 9.12. The summed E-state index contributed by atoms with van der Waals surface area (Å²) < 4.78 is 5.81. The number of benzene rings is 1. The second-order valence-electron chi connectivity index (χ2n) is 4.27. The molecule has 0 bridgehead atoms. The Bertz CT molecular complexity index is 600. The largest absolute Gasteiger partial charge is 0.490 e. The van der Waals surface area contributed by atoms with Crippen LogP contribution >= 0.6 is 0 Å². The molecule has 3 heteroatoms. The Balaban J connectivity index is 2.38. The lowest BCUT2D eigenvalue weighted by molar-refractivity contribution is 0.194. The van der Waals surface area contributed by atoms with Crippen LogP contribution in [0.15, 0.2) is 29.1 Å². The Hall–Kier alpha value is -1.77. The van der Waals surface area contributed by atoms with E-state index in [1.807, 2.05) is 31.2 Å². The van der Waals surface area contributed by atoms with Gasteiger partial charge < -0.3 is 9.72 Å². The molecule has 16 heavy (non-hydrogen) atoms. The molecule has 3 nitrogen and oxygen atoms in total. The van der Waals surface area contributed by atoms with Crippen LogP contribution in [0.2, 0.25) is 0 Å². The highest BCUT2D eigenvalue weighted by atomic mass is 16.5. The molecule has 1 aliphatic heterocycles. The van der Waals surface area contributed by atoms with Crippen LogP contribution < -0.4 is 10.3 Å². The summed E-state index contributed by atoms with van der Waals surface area (Å²) >= 11 is 0. The maximum Gasteiger partial charge on any atom is 0.255 e. The highest BCUT2D eigenvalue weighted by Gasteiger charge is 2.21. The minimum absolute atomic E-state index is 0.0133. The lowest BCUT2D eigenvalue weighted by atomic mass is 10.0. The normalized spacial score (nSPS) is 19.2. The number of hydrogen-bond donors (Lipinski definition) is 1. The number of aromatic amines is 1. The van der Waals surface area contributed by atoms with E-state index in [9.17, 15) is 4.79 Å². The molecule has 0 unspecified atom stereocenters. The zero-order valence-corrected chi connectivity index (χ0v) is 9.12. The standard InChI is InChI=1S/C13H13NO2/c1-8-6-7-10-12(16-8)9-4-2-3-5-11(9)14-13(10)15/h2-5,8H,6-7H2,1H3,(H,14,15)/t8-/m0/s1. The topological polar surface area (TPSA) is 42.1 Å². The molecular formula is C13H13NO2. The molecular weight excluding hydrogens is 202 g/mol. The first kappa shape index (κ1) is 9.46. The molecule has 0 radical (unpaired) electrons. The van der Waals surface area contributed by atoms with Gasteiger partial charge in [0.05, 0.1) is 17.2 Å². The molecule has 0 spiro atoms. The number of rotatable bonds is 0. The zero-order chi connectivity index (χ0) is 11.1. The van der Waals surface area contributed by atoms with E-state index >= 15 is 0 Å². The molecule has 2 aromatic rings. The third-order valence-corrected chi connectivity index (χ3v) is 3.09. The summed E-state index contributed by atoms with van der Waals surface area (Å²) in [5.41, 5.74) is 1.62. The number of fused-ring (bicyclic) bond motifs is 3. The first-order chi connectivity index (χ1) is 7.75. The molecule has 2 heterocycles. The van der Waals surface area contributed by atoms with Gasteiger partial charge in [-0.15, -0.1) is 0 Å². The summed E-state index contributed by atoms with van der Waals surface area (Å²) in [5.74, 6) is 0.776. The van der Waals surface area contributed by atoms with Crippen LogP contribution in [0.25, 0.3) is 10.9 Å². The Morgan fingerprint density at radius 3 is 3.06 bits per heavy atom. The van der Waals surface area contributed by atoms with Crippen LogP contribution in [0.3, 0.4) is 0 Å². The molecule has 1 atom stereocenters. The van der Waals surface area contributed by atoms with E-state index in [1.54, 1.807) is 0 Å². The van der Waals surface area contributed by atoms with Crippen molar-refractivity contribution in [2.24, 2.45) is 0 Å². The van der Waals surface area contributed by atoms with Crippen LogP contribution in [-0.2, 0) is 6.42 Å². The van der Waals surface area contributed by atoms with Gasteiger partial charge >= 0.3 is 0 Å². The van der Waals surface area contributed by atoms with Gasteiger partial charge in [0.25, 0.3) is 5.56 Å². The second-order valence-corrected chi connectivity index (χ2v) is 4.27. The van der Waals surface area contributed by atoms with Crippen LogP contribution in [0.1, 0.15) is 18.9 Å². The molecule has 1 aliphatic rings. The Kier molecular flexibility index (Phi) is 1.99. The predicted molar refractivity (Wildman–Crippen MR) is 63.0 cm³/mol. The van der Waals surface area contributed by atoms with Gasteiger partial charge in [-0.1, -0.05) is 12.1 Å². The van der Waals surface area contributed by atoms with E-state index in [0.29, 0.717) is 0 Å². The van der Waals surface area contributed by atoms with Gasteiger partial charge in [0, 0.05) is 5.39 Å². The van der Waals surface area contributed by atoms with E-state index in [0.717, 1.165) is 35.1 Å². The van der Waals surface area contributed by atoms with Gasteiger partial charge in [-0.3, -0.25) is 4.79 Å². The average molecular weight is 215 g/mol. The van der Waals surface area contributed by atoms with Crippen molar-refractivity contribution in [3.63, 3.8) is 0 Å². The van der Waals surface area contributed by atoms with Gasteiger partial charge in [-0.05, 0) is 31.9 Å². The van der Waals surface area contributed by atoms with Gasteiger partial charge in [0.1, 0.15) is 5.75 Å². The summed E-state index contributed by atoms with van der Waals surface area (Å²) in [6, 6.07) is 7.77. The molecule has 0 aliphatic carbocycles. The van der Waals surface area contributed by atoms with Crippen LogP contribution in [0.5, 0.6) is 5.75 Å². The minimum Gasteiger partial charge on any atom is -0.490 e. The van der Waals surface area contributed by atoms with Gasteiger partial charge in [0.2, 0.25) is 0 Å². The Morgan fingerprint density at radius 1 is 1.38 bits per heavy atom. The number of H-pyrrole nitrogens is 1. The van der Waals surface area contributed by atoms with Crippen LogP contribution in [0, 0.1) is 0 Å². The van der Waals surface area contributed by atoms with Crippen molar-refractivity contribution < 1.29 is 4.74 Å². The number of aromatic nitrogens is 1. The first-order valence-electron chi connectivity index (χ1n) is 5.56. The van der Waals surface area contributed by atoms with Crippen molar-refractivity contribution in [1.29, 1.82) is 0 Å². The first-order valence-corrected chi connectivity index (χ1v) is 5.56. The summed E-state index contributed by atoms with van der Waals surface area (Å²) in [6.45, 7) is 2.04. The lowest BCUT2D eigenvalue weighted by Crippen LogP contribution is -2.25. The highest BCUT2D eigenvalue weighted by molar-refractivity contribution is 5.86. The Morgan fingerprint density at radius 2 is 2.19 bits per heavy atom. The fourth-order valence-corrected chi connectivity index (χ4v) is 2.22. The third kappa shape index (κ3) is 1.32. The molecule has 3 rings (SSSR count). The van der Waals surface area contributed by atoms with Crippen molar-refractivity contribution in [2.75, 3.05) is 0 Å². The lowest BCUT2D eigenvalue weighted by Gasteiger charge is -2.23. The number of ether oxygens (including phenoxy) is 1. The van der Waals surface area contributed by atoms with E-state index in [4.69, 9.17) is 4.74 Å². The molecule has 0 amide bonds. The average Bonchev–Trinajstić information content (AvgIpc) is 2.29. The van der Waals surface area contributed by atoms with Crippen molar-refractivity contribution in [1.82, 2.24) is 4.98 Å². The summed E-state index contributed by atoms with van der Waals surface area (Å²) in [6.07, 6.45) is 1.91.